The Bertz CT molecular complexity index is 293. The molecule has 0 spiro atoms. The number of urea groups is 1. The lowest BCUT2D eigenvalue weighted by molar-refractivity contribution is -0.138. The van der Waals surface area contributed by atoms with Crippen LogP contribution in [0.25, 0.3) is 0 Å². The molecule has 8 heteroatoms. The second-order valence-electron chi connectivity index (χ2n) is 4.27. The molecular weight excluding hydrogens is 253 g/mol. The highest BCUT2D eigenvalue weighted by molar-refractivity contribution is 5.80. The Morgan fingerprint density at radius 2 is 1.89 bits per heavy atom. The van der Waals surface area contributed by atoms with Gasteiger partial charge >= 0.3 is 18.2 Å². The first-order chi connectivity index (χ1) is 8.11. The van der Waals surface area contributed by atoms with Crippen LogP contribution in [0.2, 0.25) is 0 Å². The standard InChI is InChI=1S/C10H17F3N2O3/c1-7(2)5-15(6-8(16)17)9(18)14-4-3-10(11,12)13/h7H,3-6H2,1-2H3,(H,14,18)(H,16,17). The highest BCUT2D eigenvalue weighted by atomic mass is 19.4. The van der Waals surface area contributed by atoms with E-state index in [9.17, 15) is 22.8 Å². The Kier molecular flexibility index (Phi) is 6.50. The smallest absolute Gasteiger partial charge is 0.390 e. The maximum Gasteiger partial charge on any atom is 0.390 e. The van der Waals surface area contributed by atoms with E-state index in [1.165, 1.54) is 0 Å². The number of carbonyl (C=O) groups is 2. The molecule has 0 fully saturated rings. The minimum absolute atomic E-state index is 0.0257. The van der Waals surface area contributed by atoms with Crippen LogP contribution in [0.5, 0.6) is 0 Å². The third kappa shape index (κ3) is 8.66. The first-order valence-electron chi connectivity index (χ1n) is 5.43. The first-order valence-corrected chi connectivity index (χ1v) is 5.43. The van der Waals surface area contributed by atoms with Gasteiger partial charge in [-0.25, -0.2) is 4.79 Å². The lowest BCUT2D eigenvalue weighted by Gasteiger charge is -2.23. The zero-order chi connectivity index (χ0) is 14.3. The number of hydrogen-bond donors (Lipinski definition) is 2. The summed E-state index contributed by atoms with van der Waals surface area (Å²) in [6, 6.07) is -0.796. The van der Waals surface area contributed by atoms with Gasteiger partial charge in [0.25, 0.3) is 0 Å². The van der Waals surface area contributed by atoms with Crippen molar-refractivity contribution in [1.82, 2.24) is 10.2 Å². The maximum absolute atomic E-state index is 11.9. The molecule has 0 saturated carbocycles. The number of nitrogens with zero attached hydrogens (tertiary/aromatic N) is 1. The number of amides is 2. The molecule has 18 heavy (non-hydrogen) atoms. The maximum atomic E-state index is 11.9. The van der Waals surface area contributed by atoms with Crippen LogP contribution < -0.4 is 5.32 Å². The molecule has 0 radical (unpaired) electrons. The van der Waals surface area contributed by atoms with Gasteiger partial charge in [0.1, 0.15) is 6.54 Å². The van der Waals surface area contributed by atoms with Crippen LogP contribution in [0.1, 0.15) is 20.3 Å². The monoisotopic (exact) mass is 270 g/mol. The van der Waals surface area contributed by atoms with Gasteiger partial charge in [-0.05, 0) is 5.92 Å². The number of carbonyl (C=O) groups excluding carboxylic acids is 1. The first kappa shape index (κ1) is 16.5. The van der Waals surface area contributed by atoms with Gasteiger partial charge < -0.3 is 15.3 Å². The molecule has 0 bridgehead atoms. The van der Waals surface area contributed by atoms with Crippen molar-refractivity contribution in [3.63, 3.8) is 0 Å². The molecule has 2 N–H and O–H groups in total. The Labute approximate surface area is 103 Å². The minimum atomic E-state index is -4.34. The van der Waals surface area contributed by atoms with E-state index in [0.717, 1.165) is 4.90 Å². The predicted octanol–water partition coefficient (Wildman–Crippen LogP) is 1.69. The summed E-state index contributed by atoms with van der Waals surface area (Å²) in [4.78, 5) is 23.0. The molecule has 2 amide bonds. The SMILES string of the molecule is CC(C)CN(CC(=O)O)C(=O)NCCC(F)(F)F. The van der Waals surface area contributed by atoms with Crippen molar-refractivity contribution < 1.29 is 27.9 Å². The van der Waals surface area contributed by atoms with Gasteiger partial charge in [-0.2, -0.15) is 13.2 Å². The van der Waals surface area contributed by atoms with Gasteiger partial charge in [-0.15, -0.1) is 0 Å². The minimum Gasteiger partial charge on any atom is -0.480 e. The van der Waals surface area contributed by atoms with Crippen LogP contribution in [0.3, 0.4) is 0 Å². The highest BCUT2D eigenvalue weighted by Gasteiger charge is 2.27. The van der Waals surface area contributed by atoms with Crippen molar-refractivity contribution in [3.05, 3.63) is 0 Å². The zero-order valence-electron chi connectivity index (χ0n) is 10.3. The summed E-state index contributed by atoms with van der Waals surface area (Å²) in [6.07, 6.45) is -5.48. The molecule has 0 aliphatic rings. The van der Waals surface area contributed by atoms with E-state index in [2.05, 4.69) is 5.32 Å². The third-order valence-corrected chi connectivity index (χ3v) is 1.88. The second kappa shape index (κ2) is 7.07. The van der Waals surface area contributed by atoms with Crippen LogP contribution in [0.15, 0.2) is 0 Å². The lowest BCUT2D eigenvalue weighted by Crippen LogP contribution is -2.45. The van der Waals surface area contributed by atoms with E-state index >= 15 is 0 Å². The van der Waals surface area contributed by atoms with Gasteiger partial charge in [0.05, 0.1) is 6.42 Å². The molecule has 0 aromatic rings. The summed E-state index contributed by atoms with van der Waals surface area (Å²) < 4.78 is 35.6. The molecule has 0 unspecified atom stereocenters. The number of aliphatic carboxylic acids is 1. The fourth-order valence-corrected chi connectivity index (χ4v) is 1.25. The van der Waals surface area contributed by atoms with Crippen molar-refractivity contribution in [2.24, 2.45) is 5.92 Å². The van der Waals surface area contributed by atoms with E-state index in [-0.39, 0.29) is 12.5 Å². The van der Waals surface area contributed by atoms with Gasteiger partial charge in [-0.3, -0.25) is 4.79 Å². The average Bonchev–Trinajstić information content (AvgIpc) is 2.12. The predicted molar refractivity (Wildman–Crippen MR) is 58.1 cm³/mol. The molecule has 0 rings (SSSR count). The molecule has 0 heterocycles. The fourth-order valence-electron chi connectivity index (χ4n) is 1.25. The van der Waals surface area contributed by atoms with Crippen molar-refractivity contribution >= 4 is 12.0 Å². The molecular formula is C10H17F3N2O3. The topological polar surface area (TPSA) is 69.6 Å². The number of carboxylic acid groups (broad SMARTS) is 1. The summed E-state index contributed by atoms with van der Waals surface area (Å²) in [5.74, 6) is -1.18. The van der Waals surface area contributed by atoms with Crippen LogP contribution in [-0.2, 0) is 4.79 Å². The quantitative estimate of drug-likeness (QED) is 0.771. The van der Waals surface area contributed by atoms with E-state index in [4.69, 9.17) is 5.11 Å². The summed E-state index contributed by atoms with van der Waals surface area (Å²) in [5.41, 5.74) is 0. The Hall–Kier alpha value is -1.47. The molecule has 5 nitrogen and oxygen atoms in total. The van der Waals surface area contributed by atoms with E-state index in [0.29, 0.717) is 0 Å². The number of hydrogen-bond acceptors (Lipinski definition) is 2. The van der Waals surface area contributed by atoms with Crippen molar-refractivity contribution in [1.29, 1.82) is 0 Å². The van der Waals surface area contributed by atoms with Crippen LogP contribution in [0.4, 0.5) is 18.0 Å². The lowest BCUT2D eigenvalue weighted by atomic mass is 10.2. The van der Waals surface area contributed by atoms with Gasteiger partial charge in [0.2, 0.25) is 0 Å². The molecule has 106 valence electrons. The largest absolute Gasteiger partial charge is 0.480 e. The van der Waals surface area contributed by atoms with Gasteiger partial charge in [0.15, 0.2) is 0 Å². The normalized spacial score (nSPS) is 11.4. The number of rotatable bonds is 6. The summed E-state index contributed by atoms with van der Waals surface area (Å²) in [7, 11) is 0. The van der Waals surface area contributed by atoms with E-state index in [1.807, 2.05) is 0 Å². The fraction of sp³-hybridized carbons (Fsp3) is 0.800. The van der Waals surface area contributed by atoms with Gasteiger partial charge in [0, 0.05) is 13.1 Å². The van der Waals surface area contributed by atoms with Crippen LogP contribution >= 0.6 is 0 Å². The number of nitrogens with one attached hydrogen (secondary N) is 1. The average molecular weight is 270 g/mol. The summed E-state index contributed by atoms with van der Waals surface area (Å²) >= 11 is 0. The number of alkyl halides is 3. The second-order valence-corrected chi connectivity index (χ2v) is 4.27. The van der Waals surface area contributed by atoms with E-state index in [1.54, 1.807) is 13.8 Å². The summed E-state index contributed by atoms with van der Waals surface area (Å²) in [5, 5.41) is 10.7. The van der Waals surface area contributed by atoms with Gasteiger partial charge in [-0.1, -0.05) is 13.8 Å². The Morgan fingerprint density at radius 1 is 1.33 bits per heavy atom. The summed E-state index contributed by atoms with van der Waals surface area (Å²) in [6.45, 7) is 2.63. The number of halogens is 3. The Balaban J connectivity index is 4.25. The van der Waals surface area contributed by atoms with Crippen molar-refractivity contribution in [2.45, 2.75) is 26.4 Å². The molecule has 0 aromatic heterocycles. The Morgan fingerprint density at radius 3 is 2.28 bits per heavy atom. The van der Waals surface area contributed by atoms with E-state index < -0.39 is 37.7 Å². The van der Waals surface area contributed by atoms with Crippen molar-refractivity contribution in [2.75, 3.05) is 19.6 Å². The third-order valence-electron chi connectivity index (χ3n) is 1.88. The number of carboxylic acids is 1. The van der Waals surface area contributed by atoms with Crippen LogP contribution in [0, 0.1) is 5.92 Å². The molecule has 0 atom stereocenters. The highest BCUT2D eigenvalue weighted by Crippen LogP contribution is 2.18. The van der Waals surface area contributed by atoms with Crippen molar-refractivity contribution in [3.8, 4) is 0 Å². The van der Waals surface area contributed by atoms with Crippen LogP contribution in [-0.4, -0.2) is 47.8 Å². The molecule has 0 aliphatic carbocycles. The zero-order valence-corrected chi connectivity index (χ0v) is 10.3. The molecule has 0 aliphatic heterocycles. The molecule has 0 saturated heterocycles. The molecule has 0 aromatic carbocycles.